The molecule has 1 rings (SSSR count). The van der Waals surface area contributed by atoms with Crippen LogP contribution in [0.1, 0.15) is 26.2 Å². The van der Waals surface area contributed by atoms with Crippen molar-refractivity contribution in [2.24, 2.45) is 16.0 Å². The Balaban J connectivity index is 2.33. The quantitative estimate of drug-likeness (QED) is 0.362. The smallest absolute Gasteiger partial charge is 0.212 e. The van der Waals surface area contributed by atoms with Crippen LogP contribution in [-0.4, -0.2) is 17.5 Å². The fourth-order valence-corrected chi connectivity index (χ4v) is 1.19. The number of allylic oxidation sites excluding steroid dienone is 2. The van der Waals surface area contributed by atoms with Gasteiger partial charge in [0.25, 0.3) is 0 Å². The number of nitrogens with zero attached hydrogens (tertiary/aromatic N) is 2. The van der Waals surface area contributed by atoms with Gasteiger partial charge in [-0.15, -0.1) is 5.11 Å². The molecule has 1 unspecified atom stereocenters. The molecule has 0 fully saturated rings. The SMILES string of the molecule is CCCCC/N=N/C1=CC=CC(N)(O)N1. The van der Waals surface area contributed by atoms with Gasteiger partial charge in [0.2, 0.25) is 5.85 Å². The average molecular weight is 210 g/mol. The van der Waals surface area contributed by atoms with Crippen molar-refractivity contribution in [3.63, 3.8) is 0 Å². The maximum absolute atomic E-state index is 9.42. The van der Waals surface area contributed by atoms with E-state index in [0.29, 0.717) is 12.4 Å². The Hall–Kier alpha value is -1.20. The summed E-state index contributed by atoms with van der Waals surface area (Å²) in [6.07, 6.45) is 8.18. The molecule has 0 aromatic rings. The predicted octanol–water partition coefficient (Wildman–Crippen LogP) is 1.23. The lowest BCUT2D eigenvalue weighted by Gasteiger charge is -2.23. The van der Waals surface area contributed by atoms with Gasteiger partial charge < -0.3 is 10.4 Å². The van der Waals surface area contributed by atoms with Crippen molar-refractivity contribution in [1.82, 2.24) is 5.32 Å². The van der Waals surface area contributed by atoms with E-state index >= 15 is 0 Å². The molecular formula is C10H18N4O. The Morgan fingerprint density at radius 1 is 1.53 bits per heavy atom. The first-order chi connectivity index (χ1) is 7.14. The molecule has 15 heavy (non-hydrogen) atoms. The third-order valence-electron chi connectivity index (χ3n) is 1.97. The maximum Gasteiger partial charge on any atom is 0.212 e. The summed E-state index contributed by atoms with van der Waals surface area (Å²) >= 11 is 0. The van der Waals surface area contributed by atoms with E-state index in [1.807, 2.05) is 0 Å². The van der Waals surface area contributed by atoms with E-state index in [0.717, 1.165) is 12.8 Å². The molecule has 0 amide bonds. The summed E-state index contributed by atoms with van der Waals surface area (Å²) in [5.41, 5.74) is 5.44. The van der Waals surface area contributed by atoms with E-state index in [1.54, 1.807) is 12.2 Å². The van der Waals surface area contributed by atoms with Crippen molar-refractivity contribution in [3.8, 4) is 0 Å². The standard InChI is InChI=1S/C10H18N4O/c1-2-3-4-8-12-14-9-6-5-7-10(11,15)13-9/h5-7,13,15H,2-4,8,11H2,1H3/b14-12+. The van der Waals surface area contributed by atoms with Crippen LogP contribution in [0, 0.1) is 0 Å². The van der Waals surface area contributed by atoms with Gasteiger partial charge in [0, 0.05) is 0 Å². The van der Waals surface area contributed by atoms with Crippen molar-refractivity contribution in [2.75, 3.05) is 6.54 Å². The lowest BCUT2D eigenvalue weighted by Crippen LogP contribution is -2.51. The number of rotatable bonds is 5. The highest BCUT2D eigenvalue weighted by molar-refractivity contribution is 5.19. The van der Waals surface area contributed by atoms with Crippen LogP contribution < -0.4 is 11.1 Å². The van der Waals surface area contributed by atoms with Crippen LogP contribution in [-0.2, 0) is 0 Å². The molecule has 1 heterocycles. The minimum atomic E-state index is -1.51. The van der Waals surface area contributed by atoms with Gasteiger partial charge in [0.05, 0.1) is 6.54 Å². The summed E-state index contributed by atoms with van der Waals surface area (Å²) in [5, 5.41) is 20.0. The van der Waals surface area contributed by atoms with E-state index in [4.69, 9.17) is 5.73 Å². The zero-order valence-electron chi connectivity index (χ0n) is 8.98. The van der Waals surface area contributed by atoms with Gasteiger partial charge in [-0.3, -0.25) is 5.73 Å². The second kappa shape index (κ2) is 5.63. The third kappa shape index (κ3) is 4.71. The summed E-state index contributed by atoms with van der Waals surface area (Å²) in [4.78, 5) is 0. The van der Waals surface area contributed by atoms with Gasteiger partial charge in [-0.05, 0) is 18.6 Å². The molecule has 1 aliphatic rings. The van der Waals surface area contributed by atoms with Crippen molar-refractivity contribution in [2.45, 2.75) is 32.0 Å². The summed E-state index contributed by atoms with van der Waals surface area (Å²) < 4.78 is 0. The van der Waals surface area contributed by atoms with Gasteiger partial charge in [-0.1, -0.05) is 25.8 Å². The second-order valence-corrected chi connectivity index (χ2v) is 3.53. The molecule has 1 aliphatic heterocycles. The number of aliphatic hydroxyl groups is 1. The molecule has 5 heteroatoms. The zero-order valence-corrected chi connectivity index (χ0v) is 8.98. The normalized spacial score (nSPS) is 25.4. The van der Waals surface area contributed by atoms with E-state index < -0.39 is 5.85 Å². The number of nitrogens with two attached hydrogens (primary N) is 1. The summed E-state index contributed by atoms with van der Waals surface area (Å²) in [6.45, 7) is 2.85. The molecule has 0 aromatic heterocycles. The molecule has 0 aliphatic carbocycles. The highest BCUT2D eigenvalue weighted by Crippen LogP contribution is 2.07. The summed E-state index contributed by atoms with van der Waals surface area (Å²) in [6, 6.07) is 0. The van der Waals surface area contributed by atoms with Crippen molar-refractivity contribution < 1.29 is 5.11 Å². The molecular weight excluding hydrogens is 192 g/mol. The van der Waals surface area contributed by atoms with Gasteiger partial charge in [-0.2, -0.15) is 5.11 Å². The van der Waals surface area contributed by atoms with Crippen molar-refractivity contribution in [3.05, 3.63) is 24.0 Å². The molecule has 1 atom stereocenters. The molecule has 0 saturated carbocycles. The Labute approximate surface area is 89.8 Å². The first-order valence-corrected chi connectivity index (χ1v) is 5.20. The number of hydrogen-bond donors (Lipinski definition) is 3. The van der Waals surface area contributed by atoms with Crippen molar-refractivity contribution >= 4 is 0 Å². The Morgan fingerprint density at radius 2 is 2.33 bits per heavy atom. The molecule has 0 bridgehead atoms. The van der Waals surface area contributed by atoms with Crippen LogP contribution in [0.3, 0.4) is 0 Å². The Kier molecular flexibility index (Phi) is 4.45. The minimum Gasteiger partial charge on any atom is -0.355 e. The maximum atomic E-state index is 9.42. The van der Waals surface area contributed by atoms with E-state index in [-0.39, 0.29) is 0 Å². The lowest BCUT2D eigenvalue weighted by atomic mass is 10.2. The number of dihydropyridines is 1. The van der Waals surface area contributed by atoms with Crippen LogP contribution in [0.5, 0.6) is 0 Å². The molecule has 0 spiro atoms. The van der Waals surface area contributed by atoms with Crippen LogP contribution in [0.15, 0.2) is 34.3 Å². The monoisotopic (exact) mass is 210 g/mol. The van der Waals surface area contributed by atoms with Gasteiger partial charge >= 0.3 is 0 Å². The van der Waals surface area contributed by atoms with E-state index in [9.17, 15) is 5.11 Å². The first kappa shape index (κ1) is 11.9. The molecule has 0 radical (unpaired) electrons. The highest BCUT2D eigenvalue weighted by atomic mass is 16.3. The molecule has 5 nitrogen and oxygen atoms in total. The molecule has 0 saturated heterocycles. The van der Waals surface area contributed by atoms with Crippen LogP contribution in [0.2, 0.25) is 0 Å². The zero-order chi connectivity index (χ0) is 11.1. The van der Waals surface area contributed by atoms with E-state index in [2.05, 4.69) is 22.5 Å². The molecule has 4 N–H and O–H groups in total. The lowest BCUT2D eigenvalue weighted by molar-refractivity contribution is 0.0700. The van der Waals surface area contributed by atoms with Crippen molar-refractivity contribution in [1.29, 1.82) is 0 Å². The first-order valence-electron chi connectivity index (χ1n) is 5.20. The number of unbranched alkanes of at least 4 members (excludes halogenated alkanes) is 2. The highest BCUT2D eigenvalue weighted by Gasteiger charge is 2.19. The van der Waals surface area contributed by atoms with E-state index in [1.165, 1.54) is 12.5 Å². The Morgan fingerprint density at radius 3 is 3.00 bits per heavy atom. The van der Waals surface area contributed by atoms with Crippen LogP contribution in [0.4, 0.5) is 0 Å². The van der Waals surface area contributed by atoms with Crippen LogP contribution in [0.25, 0.3) is 0 Å². The average Bonchev–Trinajstić information content (AvgIpc) is 2.16. The second-order valence-electron chi connectivity index (χ2n) is 3.53. The molecule has 84 valence electrons. The summed E-state index contributed by atoms with van der Waals surface area (Å²) in [5.74, 6) is -1.02. The van der Waals surface area contributed by atoms with Gasteiger partial charge in [0.15, 0.2) is 5.82 Å². The summed E-state index contributed by atoms with van der Waals surface area (Å²) in [7, 11) is 0. The fourth-order valence-electron chi connectivity index (χ4n) is 1.19. The number of hydrogen-bond acceptors (Lipinski definition) is 5. The van der Waals surface area contributed by atoms with Gasteiger partial charge in [0.1, 0.15) is 0 Å². The minimum absolute atomic E-state index is 0.485. The number of azo groups is 1. The van der Waals surface area contributed by atoms with Crippen LogP contribution >= 0.6 is 0 Å². The molecule has 0 aromatic carbocycles. The van der Waals surface area contributed by atoms with Gasteiger partial charge in [-0.25, -0.2) is 0 Å². The predicted molar refractivity (Wildman–Crippen MR) is 58.7 cm³/mol. The fraction of sp³-hybridized carbons (Fsp3) is 0.600. The largest absolute Gasteiger partial charge is 0.355 e. The Bertz CT molecular complexity index is 281. The topological polar surface area (TPSA) is 83.0 Å². The third-order valence-corrected chi connectivity index (χ3v) is 1.97. The number of nitrogens with one attached hydrogen (secondary N) is 1.